The predicted octanol–water partition coefficient (Wildman–Crippen LogP) is 4.30. The van der Waals surface area contributed by atoms with Gasteiger partial charge in [-0.15, -0.1) is 0 Å². The molecule has 3 aromatic carbocycles. The van der Waals surface area contributed by atoms with Crippen molar-refractivity contribution >= 4 is 33.9 Å². The van der Waals surface area contributed by atoms with Gasteiger partial charge < -0.3 is 0 Å². The SMILES string of the molecule is O=Cc1cn(C(=O)c2cccc3ccccc23)c2ccccc12. The topological polar surface area (TPSA) is 39.1 Å². The molecule has 1 aromatic heterocycles. The van der Waals surface area contributed by atoms with Crippen molar-refractivity contribution in [2.24, 2.45) is 0 Å². The van der Waals surface area contributed by atoms with Gasteiger partial charge in [-0.25, -0.2) is 0 Å². The molecule has 0 aliphatic carbocycles. The number of benzene rings is 3. The number of hydrogen-bond acceptors (Lipinski definition) is 2. The van der Waals surface area contributed by atoms with Crippen LogP contribution in [0.4, 0.5) is 0 Å². The van der Waals surface area contributed by atoms with Gasteiger partial charge in [0.2, 0.25) is 0 Å². The van der Waals surface area contributed by atoms with E-state index in [1.54, 1.807) is 10.8 Å². The fourth-order valence-electron chi connectivity index (χ4n) is 3.01. The van der Waals surface area contributed by atoms with Crippen molar-refractivity contribution in [3.8, 4) is 0 Å². The van der Waals surface area contributed by atoms with Crippen LogP contribution >= 0.6 is 0 Å². The van der Waals surface area contributed by atoms with Crippen LogP contribution < -0.4 is 0 Å². The first-order chi connectivity index (χ1) is 11.3. The van der Waals surface area contributed by atoms with Crippen LogP contribution in [0, 0.1) is 0 Å². The van der Waals surface area contributed by atoms with Crippen LogP contribution in [0.1, 0.15) is 20.7 Å². The Labute approximate surface area is 132 Å². The molecular weight excluding hydrogens is 286 g/mol. The number of aldehydes is 1. The fraction of sp³-hybridized carbons (Fsp3) is 0. The number of nitrogens with zero attached hydrogens (tertiary/aromatic N) is 1. The minimum absolute atomic E-state index is 0.133. The van der Waals surface area contributed by atoms with Crippen LogP contribution in [-0.4, -0.2) is 16.8 Å². The van der Waals surface area contributed by atoms with Crippen molar-refractivity contribution < 1.29 is 9.59 Å². The van der Waals surface area contributed by atoms with E-state index in [4.69, 9.17) is 0 Å². The molecule has 0 N–H and O–H groups in total. The van der Waals surface area contributed by atoms with Crippen LogP contribution in [0.2, 0.25) is 0 Å². The maximum atomic E-state index is 13.1. The van der Waals surface area contributed by atoms with E-state index in [-0.39, 0.29) is 5.91 Å². The Morgan fingerprint density at radius 3 is 2.35 bits per heavy atom. The van der Waals surface area contributed by atoms with Gasteiger partial charge in [-0.3, -0.25) is 14.2 Å². The average Bonchev–Trinajstić information content (AvgIpc) is 2.99. The lowest BCUT2D eigenvalue weighted by atomic mass is 10.0. The summed E-state index contributed by atoms with van der Waals surface area (Å²) in [5.41, 5.74) is 1.89. The second-order valence-electron chi connectivity index (χ2n) is 5.42. The zero-order valence-electron chi connectivity index (χ0n) is 12.3. The first kappa shape index (κ1) is 13.5. The highest BCUT2D eigenvalue weighted by Crippen LogP contribution is 2.24. The van der Waals surface area contributed by atoms with Crippen molar-refractivity contribution in [2.45, 2.75) is 0 Å². The molecule has 0 spiro atoms. The summed E-state index contributed by atoms with van der Waals surface area (Å²) in [6.45, 7) is 0. The van der Waals surface area contributed by atoms with E-state index in [0.29, 0.717) is 11.1 Å². The van der Waals surface area contributed by atoms with Crippen molar-refractivity contribution in [1.82, 2.24) is 4.57 Å². The summed E-state index contributed by atoms with van der Waals surface area (Å²) in [5.74, 6) is -0.133. The number of para-hydroxylation sites is 1. The molecule has 3 heteroatoms. The summed E-state index contributed by atoms with van der Waals surface area (Å²) in [6.07, 6.45) is 2.40. The van der Waals surface area contributed by atoms with Crippen molar-refractivity contribution in [1.29, 1.82) is 0 Å². The summed E-state index contributed by atoms with van der Waals surface area (Å²) in [6, 6.07) is 20.9. The molecule has 0 radical (unpaired) electrons. The van der Waals surface area contributed by atoms with Crippen LogP contribution in [0.3, 0.4) is 0 Å². The zero-order chi connectivity index (χ0) is 15.8. The summed E-state index contributed by atoms with van der Waals surface area (Å²) in [5, 5.41) is 2.71. The Bertz CT molecular complexity index is 1050. The number of carbonyl (C=O) groups excluding carboxylic acids is 2. The molecule has 1 heterocycles. The molecule has 0 aliphatic heterocycles. The van der Waals surface area contributed by atoms with E-state index in [1.807, 2.05) is 66.7 Å². The Hall–Kier alpha value is -3.20. The molecule has 0 atom stereocenters. The van der Waals surface area contributed by atoms with Gasteiger partial charge in [-0.2, -0.15) is 0 Å². The quantitative estimate of drug-likeness (QED) is 0.518. The number of carbonyl (C=O) groups is 2. The Morgan fingerprint density at radius 2 is 1.52 bits per heavy atom. The van der Waals surface area contributed by atoms with Crippen LogP contribution in [-0.2, 0) is 0 Å². The number of rotatable bonds is 2. The summed E-state index contributed by atoms with van der Waals surface area (Å²) in [7, 11) is 0. The highest BCUT2D eigenvalue weighted by molar-refractivity contribution is 6.12. The van der Waals surface area contributed by atoms with Crippen molar-refractivity contribution in [3.63, 3.8) is 0 Å². The maximum absolute atomic E-state index is 13.1. The Balaban J connectivity index is 1.97. The zero-order valence-corrected chi connectivity index (χ0v) is 12.3. The molecule has 0 fully saturated rings. The van der Waals surface area contributed by atoms with Gasteiger partial charge in [0.25, 0.3) is 5.91 Å². The van der Waals surface area contributed by atoms with Crippen LogP contribution in [0.25, 0.3) is 21.7 Å². The molecule has 0 aliphatic rings. The second-order valence-corrected chi connectivity index (χ2v) is 5.42. The predicted molar refractivity (Wildman–Crippen MR) is 91.0 cm³/mol. The smallest absolute Gasteiger partial charge is 0.263 e. The lowest BCUT2D eigenvalue weighted by Gasteiger charge is -2.07. The summed E-state index contributed by atoms with van der Waals surface area (Å²) in [4.78, 5) is 24.3. The van der Waals surface area contributed by atoms with E-state index in [0.717, 1.165) is 28.0 Å². The standard InChI is InChI=1S/C20H13NO2/c22-13-15-12-21(19-11-4-3-9-17(15)19)20(23)18-10-5-7-14-6-1-2-8-16(14)18/h1-13H. The lowest BCUT2D eigenvalue weighted by Crippen LogP contribution is -2.11. The van der Waals surface area contributed by atoms with Gasteiger partial charge in [0, 0.05) is 22.7 Å². The van der Waals surface area contributed by atoms with Crippen molar-refractivity contribution in [3.05, 3.63) is 84.1 Å². The summed E-state index contributed by atoms with van der Waals surface area (Å²) >= 11 is 0. The molecule has 0 unspecified atom stereocenters. The highest BCUT2D eigenvalue weighted by atomic mass is 16.2. The minimum atomic E-state index is -0.133. The van der Waals surface area contributed by atoms with Gasteiger partial charge in [0.15, 0.2) is 6.29 Å². The Kier molecular flexibility index (Phi) is 3.05. The van der Waals surface area contributed by atoms with Crippen molar-refractivity contribution in [2.75, 3.05) is 0 Å². The van der Waals surface area contributed by atoms with E-state index < -0.39 is 0 Å². The third-order valence-electron chi connectivity index (χ3n) is 4.11. The Morgan fingerprint density at radius 1 is 0.826 bits per heavy atom. The van der Waals surface area contributed by atoms with E-state index in [9.17, 15) is 9.59 Å². The largest absolute Gasteiger partial charge is 0.298 e. The molecule has 110 valence electrons. The fourth-order valence-corrected chi connectivity index (χ4v) is 3.01. The van der Waals surface area contributed by atoms with Crippen LogP contribution in [0.5, 0.6) is 0 Å². The maximum Gasteiger partial charge on any atom is 0.263 e. The van der Waals surface area contributed by atoms with Gasteiger partial charge in [0.05, 0.1) is 5.52 Å². The van der Waals surface area contributed by atoms with Gasteiger partial charge in [-0.05, 0) is 22.9 Å². The molecule has 3 nitrogen and oxygen atoms in total. The van der Waals surface area contributed by atoms with E-state index in [1.165, 1.54) is 0 Å². The molecule has 0 bridgehead atoms. The summed E-state index contributed by atoms with van der Waals surface area (Å²) < 4.78 is 1.56. The second kappa shape index (κ2) is 5.21. The van der Waals surface area contributed by atoms with Crippen LogP contribution in [0.15, 0.2) is 72.9 Å². The lowest BCUT2D eigenvalue weighted by molar-refractivity contribution is 0.0966. The van der Waals surface area contributed by atoms with E-state index in [2.05, 4.69) is 0 Å². The molecule has 4 aromatic rings. The third kappa shape index (κ3) is 2.06. The molecular formula is C20H13NO2. The monoisotopic (exact) mass is 299 g/mol. The molecule has 0 saturated carbocycles. The first-order valence-corrected chi connectivity index (χ1v) is 7.37. The van der Waals surface area contributed by atoms with Gasteiger partial charge >= 0.3 is 0 Å². The third-order valence-corrected chi connectivity index (χ3v) is 4.11. The molecule has 0 amide bonds. The highest BCUT2D eigenvalue weighted by Gasteiger charge is 2.16. The molecule has 4 rings (SSSR count). The normalized spacial score (nSPS) is 11.0. The molecule has 0 saturated heterocycles. The number of fused-ring (bicyclic) bond motifs is 2. The number of aromatic nitrogens is 1. The molecule has 23 heavy (non-hydrogen) atoms. The number of hydrogen-bond donors (Lipinski definition) is 0. The first-order valence-electron chi connectivity index (χ1n) is 7.37. The average molecular weight is 299 g/mol. The van der Waals surface area contributed by atoms with E-state index >= 15 is 0 Å². The van der Waals surface area contributed by atoms with Gasteiger partial charge in [-0.1, -0.05) is 54.6 Å². The minimum Gasteiger partial charge on any atom is -0.298 e. The van der Waals surface area contributed by atoms with Gasteiger partial charge in [0.1, 0.15) is 0 Å².